The zero-order valence-corrected chi connectivity index (χ0v) is 23.2. The fourth-order valence-electron chi connectivity index (χ4n) is 4.84. The second-order valence-corrected chi connectivity index (χ2v) is 12.0. The van der Waals surface area contributed by atoms with Crippen molar-refractivity contribution < 1.29 is 17.9 Å². The molecule has 0 unspecified atom stereocenters. The molecule has 0 saturated carbocycles. The molecule has 1 aliphatic heterocycles. The molecule has 5 nitrogen and oxygen atoms in total. The monoisotopic (exact) mass is 566 g/mol. The maximum atomic E-state index is 13.3. The van der Waals surface area contributed by atoms with Crippen molar-refractivity contribution >= 4 is 34.0 Å². The fraction of sp³-hybridized carbons (Fsp3) is 0.357. The van der Waals surface area contributed by atoms with Gasteiger partial charge in [0.05, 0.1) is 10.5 Å². The van der Waals surface area contributed by atoms with Gasteiger partial charge in [-0.3, -0.25) is 0 Å². The number of likely N-dealkylation sites (N-methyl/N-ethyl adjacent to an activating group) is 1. The number of aliphatic hydroxyl groups is 1. The highest BCUT2D eigenvalue weighted by Crippen LogP contribution is 2.34. The normalized spacial score (nSPS) is 16.8. The molecule has 0 bridgehead atoms. The van der Waals surface area contributed by atoms with E-state index in [0.29, 0.717) is 37.5 Å². The van der Waals surface area contributed by atoms with Gasteiger partial charge in [-0.25, -0.2) is 17.1 Å². The van der Waals surface area contributed by atoms with Crippen LogP contribution in [0.3, 0.4) is 0 Å². The predicted molar refractivity (Wildman–Crippen MR) is 148 cm³/mol. The lowest BCUT2D eigenvalue weighted by Crippen LogP contribution is -2.43. The maximum absolute atomic E-state index is 13.3. The summed E-state index contributed by atoms with van der Waals surface area (Å²) < 4.78 is 41.0. The molecule has 1 N–H and O–H groups in total. The van der Waals surface area contributed by atoms with Gasteiger partial charge in [0.2, 0.25) is 10.0 Å². The first-order valence-electron chi connectivity index (χ1n) is 12.1. The molecule has 1 heterocycles. The van der Waals surface area contributed by atoms with Crippen LogP contribution in [0.4, 0.5) is 4.39 Å². The van der Waals surface area contributed by atoms with E-state index in [0.717, 1.165) is 24.1 Å². The number of halogens is 3. The summed E-state index contributed by atoms with van der Waals surface area (Å²) in [7, 11) is -2.00. The number of hydrogen-bond acceptors (Lipinski definition) is 4. The van der Waals surface area contributed by atoms with Crippen LogP contribution in [-0.2, 0) is 15.6 Å². The Labute approximate surface area is 230 Å². The summed E-state index contributed by atoms with van der Waals surface area (Å²) in [6.45, 7) is 2.49. The summed E-state index contributed by atoms with van der Waals surface area (Å²) in [5.41, 5.74) is 0.783. The topological polar surface area (TPSA) is 60.9 Å². The molecule has 1 saturated heterocycles. The molecule has 1 fully saturated rings. The second-order valence-electron chi connectivity index (χ2n) is 9.52. The van der Waals surface area contributed by atoms with Crippen molar-refractivity contribution in [2.45, 2.75) is 35.7 Å². The Bertz CT molecular complexity index is 1250. The summed E-state index contributed by atoms with van der Waals surface area (Å²) in [5.74, 6) is -0.365. The molecule has 3 aromatic rings. The van der Waals surface area contributed by atoms with E-state index < -0.39 is 15.6 Å². The molecular weight excluding hydrogens is 534 g/mol. The first kappa shape index (κ1) is 29.6. The van der Waals surface area contributed by atoms with Crippen molar-refractivity contribution in [1.29, 1.82) is 0 Å². The lowest BCUT2D eigenvalue weighted by Gasteiger charge is -2.39. The van der Waals surface area contributed by atoms with Gasteiger partial charge in [-0.05, 0) is 79.3 Å². The highest BCUT2D eigenvalue weighted by atomic mass is 35.5. The molecule has 0 aliphatic carbocycles. The minimum Gasteiger partial charge on any atom is -0.385 e. The molecule has 9 heteroatoms. The van der Waals surface area contributed by atoms with Crippen LogP contribution in [-0.4, -0.2) is 56.0 Å². The van der Waals surface area contributed by atoms with Gasteiger partial charge in [0, 0.05) is 31.7 Å². The maximum Gasteiger partial charge on any atom is 0.242 e. The van der Waals surface area contributed by atoms with Crippen LogP contribution >= 0.6 is 24.0 Å². The Morgan fingerprint density at radius 1 is 1.03 bits per heavy atom. The molecule has 3 aromatic carbocycles. The summed E-state index contributed by atoms with van der Waals surface area (Å²) in [6.07, 6.45) is 1.86. The Hall–Kier alpha value is -2.00. The van der Waals surface area contributed by atoms with Crippen LogP contribution < -0.4 is 0 Å². The Balaban J connectivity index is 0.00000380. The van der Waals surface area contributed by atoms with E-state index in [4.69, 9.17) is 11.6 Å². The van der Waals surface area contributed by atoms with Gasteiger partial charge in [-0.1, -0.05) is 54.1 Å². The van der Waals surface area contributed by atoms with E-state index in [2.05, 4.69) is 4.90 Å². The number of piperidine rings is 1. The van der Waals surface area contributed by atoms with Crippen molar-refractivity contribution in [3.63, 3.8) is 0 Å². The van der Waals surface area contributed by atoms with E-state index in [1.54, 1.807) is 49.5 Å². The predicted octanol–water partition coefficient (Wildman–Crippen LogP) is 5.68. The average Bonchev–Trinajstić information content (AvgIpc) is 2.88. The zero-order chi connectivity index (χ0) is 25.8. The van der Waals surface area contributed by atoms with E-state index in [-0.39, 0.29) is 29.0 Å². The minimum absolute atomic E-state index is 0. The number of rotatable bonds is 9. The van der Waals surface area contributed by atoms with Gasteiger partial charge in [-0.15, -0.1) is 12.4 Å². The van der Waals surface area contributed by atoms with Gasteiger partial charge in [0.1, 0.15) is 5.82 Å². The first-order chi connectivity index (χ1) is 17.2. The summed E-state index contributed by atoms with van der Waals surface area (Å²) in [5, 5.41) is 11.7. The van der Waals surface area contributed by atoms with Gasteiger partial charge >= 0.3 is 0 Å². The Kier molecular flexibility index (Phi) is 10.1. The highest BCUT2D eigenvalue weighted by molar-refractivity contribution is 7.89. The number of hydrogen-bond donors (Lipinski definition) is 1. The largest absolute Gasteiger partial charge is 0.385 e. The Morgan fingerprint density at radius 2 is 1.68 bits per heavy atom. The molecule has 200 valence electrons. The number of nitrogens with zero attached hydrogens (tertiary/aromatic N) is 2. The third-order valence-corrected chi connectivity index (χ3v) is 9.18. The van der Waals surface area contributed by atoms with Crippen LogP contribution in [0.2, 0.25) is 5.02 Å². The van der Waals surface area contributed by atoms with Crippen molar-refractivity contribution in [3.8, 4) is 0 Å². The SMILES string of the molecule is CN(C[C@@H](CCN1CCC(O)(c2ccc(F)cc2)CC1)c1cccc(Cl)c1)S(=O)(=O)c1ccccc1.Cl. The van der Waals surface area contributed by atoms with E-state index in [1.165, 1.54) is 16.4 Å². The second kappa shape index (κ2) is 12.7. The van der Waals surface area contributed by atoms with Crippen molar-refractivity contribution in [2.75, 3.05) is 33.2 Å². The summed E-state index contributed by atoms with van der Waals surface area (Å²) >= 11 is 6.27. The lowest BCUT2D eigenvalue weighted by atomic mass is 9.84. The van der Waals surface area contributed by atoms with Crippen LogP contribution in [0.5, 0.6) is 0 Å². The number of benzene rings is 3. The van der Waals surface area contributed by atoms with Gasteiger partial charge < -0.3 is 10.0 Å². The van der Waals surface area contributed by atoms with E-state index in [9.17, 15) is 17.9 Å². The lowest BCUT2D eigenvalue weighted by molar-refractivity contribution is -0.0264. The summed E-state index contributed by atoms with van der Waals surface area (Å²) in [4.78, 5) is 2.56. The minimum atomic E-state index is -3.62. The van der Waals surface area contributed by atoms with Gasteiger partial charge in [0.25, 0.3) is 0 Å². The molecule has 0 spiro atoms. The Morgan fingerprint density at radius 3 is 2.30 bits per heavy atom. The third-order valence-electron chi connectivity index (χ3n) is 7.11. The molecule has 1 aliphatic rings. The summed E-state index contributed by atoms with van der Waals surface area (Å²) in [6, 6.07) is 22.1. The van der Waals surface area contributed by atoms with Gasteiger partial charge in [-0.2, -0.15) is 0 Å². The standard InChI is InChI=1S/C28H32ClFN2O3S.ClH/c1-31(36(34,35)27-8-3-2-4-9-27)21-23(22-6-5-7-25(29)20-22)14-17-32-18-15-28(33,16-19-32)24-10-12-26(30)13-11-24;/h2-13,20,23,33H,14-19,21H2,1H3;1H/t23-;/m1./s1. The highest BCUT2D eigenvalue weighted by Gasteiger charge is 2.34. The van der Waals surface area contributed by atoms with Crippen molar-refractivity contribution in [1.82, 2.24) is 9.21 Å². The molecular formula is C28H33Cl2FN2O3S. The third kappa shape index (κ3) is 7.31. The molecule has 0 radical (unpaired) electrons. The van der Waals surface area contributed by atoms with Crippen LogP contribution in [0.15, 0.2) is 83.8 Å². The molecule has 0 aromatic heterocycles. The smallest absolute Gasteiger partial charge is 0.242 e. The fourth-order valence-corrected chi connectivity index (χ4v) is 6.27. The zero-order valence-electron chi connectivity index (χ0n) is 20.8. The molecule has 4 rings (SSSR count). The van der Waals surface area contributed by atoms with Crippen molar-refractivity contribution in [2.24, 2.45) is 0 Å². The molecule has 1 atom stereocenters. The van der Waals surface area contributed by atoms with E-state index in [1.807, 2.05) is 24.3 Å². The van der Waals surface area contributed by atoms with Crippen LogP contribution in [0.25, 0.3) is 0 Å². The van der Waals surface area contributed by atoms with Crippen molar-refractivity contribution in [3.05, 3.63) is 101 Å². The average molecular weight is 568 g/mol. The number of likely N-dealkylation sites (tertiary alicyclic amines) is 1. The number of sulfonamides is 1. The quantitative estimate of drug-likeness (QED) is 0.362. The molecule has 37 heavy (non-hydrogen) atoms. The van der Waals surface area contributed by atoms with E-state index >= 15 is 0 Å². The first-order valence-corrected chi connectivity index (χ1v) is 14.0. The van der Waals surface area contributed by atoms with Crippen LogP contribution in [0.1, 0.15) is 36.3 Å². The van der Waals surface area contributed by atoms with Crippen LogP contribution in [0, 0.1) is 5.82 Å². The molecule has 0 amide bonds. The van der Waals surface area contributed by atoms with Gasteiger partial charge in [0.15, 0.2) is 0 Å².